The molecule has 1 aliphatic heterocycles. The van der Waals surface area contributed by atoms with Gasteiger partial charge in [-0.05, 0) is 43.6 Å². The molecule has 100 valence electrons. The van der Waals surface area contributed by atoms with Crippen LogP contribution in [0.25, 0.3) is 0 Å². The zero-order chi connectivity index (χ0) is 13.1. The van der Waals surface area contributed by atoms with Crippen molar-refractivity contribution < 1.29 is 9.63 Å². The molecule has 0 aliphatic carbocycles. The zero-order valence-corrected chi connectivity index (χ0v) is 10.7. The normalized spacial score (nSPS) is 16.6. The SMILES string of the molecule is Oc1ccc(Cc2nc(C3CCNCC3)no2)cc1. The van der Waals surface area contributed by atoms with Crippen LogP contribution in [0.2, 0.25) is 0 Å². The summed E-state index contributed by atoms with van der Waals surface area (Å²) in [5.41, 5.74) is 1.05. The van der Waals surface area contributed by atoms with Crippen LogP contribution < -0.4 is 5.32 Å². The van der Waals surface area contributed by atoms with E-state index >= 15 is 0 Å². The van der Waals surface area contributed by atoms with Gasteiger partial charge in [0, 0.05) is 5.92 Å². The Bertz CT molecular complexity index is 530. The third-order valence-corrected chi connectivity index (χ3v) is 3.48. The summed E-state index contributed by atoms with van der Waals surface area (Å²) < 4.78 is 5.31. The average Bonchev–Trinajstić information content (AvgIpc) is 2.91. The molecule has 1 aromatic heterocycles. The molecule has 2 heterocycles. The molecule has 0 spiro atoms. The number of benzene rings is 1. The van der Waals surface area contributed by atoms with Crippen LogP contribution in [0.4, 0.5) is 0 Å². The number of hydrogen-bond acceptors (Lipinski definition) is 5. The largest absolute Gasteiger partial charge is 0.508 e. The lowest BCUT2D eigenvalue weighted by atomic mass is 9.98. The minimum Gasteiger partial charge on any atom is -0.508 e. The predicted octanol–water partition coefficient (Wildman–Crippen LogP) is 1.83. The molecule has 2 N–H and O–H groups in total. The molecule has 5 heteroatoms. The topological polar surface area (TPSA) is 71.2 Å². The van der Waals surface area contributed by atoms with Crippen molar-refractivity contribution in [1.82, 2.24) is 15.5 Å². The van der Waals surface area contributed by atoms with Gasteiger partial charge in [0.1, 0.15) is 5.75 Å². The fraction of sp³-hybridized carbons (Fsp3) is 0.429. The van der Waals surface area contributed by atoms with Crippen molar-refractivity contribution >= 4 is 0 Å². The van der Waals surface area contributed by atoms with Crippen molar-refractivity contribution in [3.63, 3.8) is 0 Å². The molecule has 1 fully saturated rings. The molecule has 1 saturated heterocycles. The van der Waals surface area contributed by atoms with Gasteiger partial charge in [0.2, 0.25) is 5.89 Å². The van der Waals surface area contributed by atoms with Crippen molar-refractivity contribution in [3.8, 4) is 5.75 Å². The Kier molecular flexibility index (Phi) is 3.46. The van der Waals surface area contributed by atoms with Gasteiger partial charge in [-0.1, -0.05) is 17.3 Å². The highest BCUT2D eigenvalue weighted by molar-refractivity contribution is 5.27. The van der Waals surface area contributed by atoms with Gasteiger partial charge in [0.15, 0.2) is 5.82 Å². The highest BCUT2D eigenvalue weighted by atomic mass is 16.5. The Labute approximate surface area is 111 Å². The maximum atomic E-state index is 9.24. The molecular weight excluding hydrogens is 242 g/mol. The van der Waals surface area contributed by atoms with E-state index in [4.69, 9.17) is 4.52 Å². The highest BCUT2D eigenvalue weighted by Crippen LogP contribution is 2.23. The summed E-state index contributed by atoms with van der Waals surface area (Å²) in [4.78, 5) is 4.48. The first-order valence-corrected chi connectivity index (χ1v) is 6.62. The molecule has 1 aliphatic rings. The van der Waals surface area contributed by atoms with E-state index in [9.17, 15) is 5.11 Å². The number of nitrogens with one attached hydrogen (secondary N) is 1. The van der Waals surface area contributed by atoms with E-state index in [-0.39, 0.29) is 5.75 Å². The monoisotopic (exact) mass is 259 g/mol. The van der Waals surface area contributed by atoms with Crippen molar-refractivity contribution in [2.24, 2.45) is 0 Å². The number of piperidine rings is 1. The molecule has 3 rings (SSSR count). The summed E-state index contributed by atoms with van der Waals surface area (Å²) in [6, 6.07) is 7.06. The molecule has 0 bridgehead atoms. The van der Waals surface area contributed by atoms with Crippen LogP contribution >= 0.6 is 0 Å². The lowest BCUT2D eigenvalue weighted by Crippen LogP contribution is -2.27. The first-order valence-electron chi connectivity index (χ1n) is 6.62. The smallest absolute Gasteiger partial charge is 0.231 e. The molecule has 0 unspecified atom stereocenters. The first-order chi connectivity index (χ1) is 9.31. The molecule has 0 atom stereocenters. The van der Waals surface area contributed by atoms with E-state index in [1.165, 1.54) is 0 Å². The van der Waals surface area contributed by atoms with Gasteiger partial charge in [-0.3, -0.25) is 0 Å². The lowest BCUT2D eigenvalue weighted by Gasteiger charge is -2.18. The number of phenolic OH excluding ortho intramolecular Hbond substituents is 1. The molecule has 2 aromatic rings. The second kappa shape index (κ2) is 5.40. The summed E-state index contributed by atoms with van der Waals surface area (Å²) in [5, 5.41) is 16.7. The van der Waals surface area contributed by atoms with Crippen molar-refractivity contribution in [2.75, 3.05) is 13.1 Å². The van der Waals surface area contributed by atoms with Crippen LogP contribution in [-0.2, 0) is 6.42 Å². The van der Waals surface area contributed by atoms with Gasteiger partial charge in [-0.15, -0.1) is 0 Å². The lowest BCUT2D eigenvalue weighted by molar-refractivity contribution is 0.365. The fourth-order valence-electron chi connectivity index (χ4n) is 2.37. The van der Waals surface area contributed by atoms with Crippen LogP contribution in [0.15, 0.2) is 28.8 Å². The van der Waals surface area contributed by atoms with Crippen LogP contribution in [0.5, 0.6) is 5.75 Å². The zero-order valence-electron chi connectivity index (χ0n) is 10.7. The van der Waals surface area contributed by atoms with Crippen LogP contribution in [-0.4, -0.2) is 28.3 Å². The summed E-state index contributed by atoms with van der Waals surface area (Å²) in [6.45, 7) is 2.04. The van der Waals surface area contributed by atoms with Crippen molar-refractivity contribution in [3.05, 3.63) is 41.5 Å². The van der Waals surface area contributed by atoms with Crippen LogP contribution in [0.1, 0.15) is 36.0 Å². The molecule has 0 amide bonds. The summed E-state index contributed by atoms with van der Waals surface area (Å²) in [7, 11) is 0. The fourth-order valence-corrected chi connectivity index (χ4v) is 2.37. The predicted molar refractivity (Wildman–Crippen MR) is 70.1 cm³/mol. The molecule has 0 saturated carbocycles. The van der Waals surface area contributed by atoms with Crippen molar-refractivity contribution in [1.29, 1.82) is 0 Å². The third kappa shape index (κ3) is 2.93. The number of rotatable bonds is 3. The average molecular weight is 259 g/mol. The Morgan fingerprint density at radius 2 is 1.95 bits per heavy atom. The number of nitrogens with zero attached hydrogens (tertiary/aromatic N) is 2. The molecule has 5 nitrogen and oxygen atoms in total. The Balaban J connectivity index is 1.68. The highest BCUT2D eigenvalue weighted by Gasteiger charge is 2.20. The van der Waals surface area contributed by atoms with Gasteiger partial charge < -0.3 is 14.9 Å². The minimum atomic E-state index is 0.268. The van der Waals surface area contributed by atoms with Crippen LogP contribution in [0.3, 0.4) is 0 Å². The van der Waals surface area contributed by atoms with Crippen LogP contribution in [0, 0.1) is 0 Å². The van der Waals surface area contributed by atoms with Crippen molar-refractivity contribution in [2.45, 2.75) is 25.2 Å². The van der Waals surface area contributed by atoms with E-state index in [1.54, 1.807) is 12.1 Å². The molecule has 0 radical (unpaired) electrons. The summed E-state index contributed by atoms with van der Waals surface area (Å²) in [6.07, 6.45) is 2.74. The maximum absolute atomic E-state index is 9.24. The second-order valence-corrected chi connectivity index (χ2v) is 4.91. The number of aromatic hydroxyl groups is 1. The standard InChI is InChI=1S/C14H17N3O2/c18-12-3-1-10(2-4-12)9-13-16-14(17-19-13)11-5-7-15-8-6-11/h1-4,11,15,18H,5-9H2. The number of phenols is 1. The van der Waals surface area contributed by atoms with Gasteiger partial charge >= 0.3 is 0 Å². The molecular formula is C14H17N3O2. The first kappa shape index (κ1) is 12.2. The Morgan fingerprint density at radius 1 is 1.21 bits per heavy atom. The van der Waals surface area contributed by atoms with E-state index in [0.29, 0.717) is 18.2 Å². The summed E-state index contributed by atoms with van der Waals surface area (Å²) >= 11 is 0. The van der Waals surface area contributed by atoms with Gasteiger partial charge in [0.05, 0.1) is 6.42 Å². The number of aromatic nitrogens is 2. The van der Waals surface area contributed by atoms with E-state index in [0.717, 1.165) is 37.3 Å². The third-order valence-electron chi connectivity index (χ3n) is 3.48. The minimum absolute atomic E-state index is 0.268. The van der Waals surface area contributed by atoms with Gasteiger partial charge in [-0.25, -0.2) is 0 Å². The second-order valence-electron chi connectivity index (χ2n) is 4.91. The van der Waals surface area contributed by atoms with Gasteiger partial charge in [0.25, 0.3) is 0 Å². The Hall–Kier alpha value is -1.88. The van der Waals surface area contributed by atoms with E-state index < -0.39 is 0 Å². The molecule has 1 aromatic carbocycles. The van der Waals surface area contributed by atoms with E-state index in [1.807, 2.05) is 12.1 Å². The summed E-state index contributed by atoms with van der Waals surface area (Å²) in [5.74, 6) is 2.15. The number of hydrogen-bond donors (Lipinski definition) is 2. The van der Waals surface area contributed by atoms with Gasteiger partial charge in [-0.2, -0.15) is 4.98 Å². The van der Waals surface area contributed by atoms with E-state index in [2.05, 4.69) is 15.5 Å². The Morgan fingerprint density at radius 3 is 2.68 bits per heavy atom. The quantitative estimate of drug-likeness (QED) is 0.880. The molecule has 19 heavy (non-hydrogen) atoms. The maximum Gasteiger partial charge on any atom is 0.231 e.